The summed E-state index contributed by atoms with van der Waals surface area (Å²) in [5.74, 6) is 6.83. The van der Waals surface area contributed by atoms with Crippen LogP contribution in [0.5, 0.6) is 17.2 Å². The van der Waals surface area contributed by atoms with Gasteiger partial charge in [0.25, 0.3) is 5.91 Å². The number of carbonyl (C=O) groups is 2. The normalized spacial score (nSPS) is 25.6. The summed E-state index contributed by atoms with van der Waals surface area (Å²) in [5, 5.41) is 11.3. The Morgan fingerprint density at radius 3 is 2.57 bits per heavy atom. The van der Waals surface area contributed by atoms with Gasteiger partial charge in [0.15, 0.2) is 11.5 Å². The third-order valence-corrected chi connectivity index (χ3v) is 10.6. The van der Waals surface area contributed by atoms with E-state index < -0.39 is 11.4 Å². The second kappa shape index (κ2) is 12.1. The lowest BCUT2D eigenvalue weighted by atomic mass is 9.50. The molecule has 1 saturated heterocycles. The zero-order chi connectivity index (χ0) is 32.0. The molecule has 1 N–H and O–H groups in total. The highest BCUT2D eigenvalue weighted by atomic mass is 16.5. The first kappa shape index (κ1) is 30.4. The van der Waals surface area contributed by atoms with Crippen LogP contribution in [0, 0.1) is 23.7 Å². The lowest BCUT2D eigenvalue weighted by molar-refractivity contribution is -0.138. The third kappa shape index (κ3) is 5.23. The van der Waals surface area contributed by atoms with E-state index in [0.717, 1.165) is 61.9 Å². The molecule has 4 aliphatic rings. The molecule has 2 fully saturated rings. The summed E-state index contributed by atoms with van der Waals surface area (Å²) in [6.45, 7) is 8.03. The van der Waals surface area contributed by atoms with E-state index in [1.807, 2.05) is 35.2 Å². The quantitative estimate of drug-likeness (QED) is 0.214. The first-order valence-electron chi connectivity index (χ1n) is 16.7. The number of phenolic OH excluding ortho intramolecular Hbond substituents is 1. The molecule has 2 aliphatic heterocycles. The Hall–Kier alpha value is -4.28. The summed E-state index contributed by atoms with van der Waals surface area (Å²) in [6.07, 6.45) is 3.92. The lowest BCUT2D eigenvalue weighted by Crippen LogP contribution is -2.69. The second-order valence-electron chi connectivity index (χ2n) is 13.8. The van der Waals surface area contributed by atoms with E-state index in [4.69, 9.17) is 9.47 Å². The molecule has 0 radical (unpaired) electrons. The average molecular weight is 619 g/mol. The van der Waals surface area contributed by atoms with Crippen LogP contribution in [0.3, 0.4) is 0 Å². The number of benzene rings is 3. The molecular weight excluding hydrogens is 576 g/mol. The molecule has 7 rings (SSSR count). The minimum atomic E-state index is -0.413. The van der Waals surface area contributed by atoms with Gasteiger partial charge in [0.05, 0.1) is 6.04 Å². The molecule has 3 aromatic carbocycles. The zero-order valence-corrected chi connectivity index (χ0v) is 26.9. The monoisotopic (exact) mass is 618 g/mol. The van der Waals surface area contributed by atoms with Crippen LogP contribution in [0.1, 0.15) is 62.3 Å². The number of piperidine rings is 1. The Balaban J connectivity index is 1.28. The molecule has 2 aliphatic carbocycles. The minimum absolute atomic E-state index is 0.00756. The molecular formula is C39H42N2O5. The maximum Gasteiger partial charge on any atom is 0.308 e. The van der Waals surface area contributed by atoms with Crippen molar-refractivity contribution in [3.05, 3.63) is 89.0 Å². The van der Waals surface area contributed by atoms with Crippen LogP contribution >= 0.6 is 0 Å². The van der Waals surface area contributed by atoms with Gasteiger partial charge < -0.3 is 19.5 Å². The Bertz CT molecular complexity index is 1690. The van der Waals surface area contributed by atoms with Crippen molar-refractivity contribution in [1.82, 2.24) is 9.80 Å². The van der Waals surface area contributed by atoms with Gasteiger partial charge in [-0.15, -0.1) is 0 Å². The van der Waals surface area contributed by atoms with Crippen LogP contribution in [0.4, 0.5) is 0 Å². The van der Waals surface area contributed by atoms with Crippen LogP contribution in [0.2, 0.25) is 0 Å². The fraction of sp³-hybridized carbons (Fsp3) is 0.436. The molecule has 2 heterocycles. The number of rotatable bonds is 7. The van der Waals surface area contributed by atoms with Crippen LogP contribution in [0.15, 0.2) is 66.7 Å². The Kier molecular flexibility index (Phi) is 8.02. The first-order valence-corrected chi connectivity index (χ1v) is 16.7. The van der Waals surface area contributed by atoms with Crippen LogP contribution in [-0.2, 0) is 27.8 Å². The number of carbonyl (C=O) groups excluding carboxylic acids is 2. The van der Waals surface area contributed by atoms with Gasteiger partial charge in [-0.3, -0.25) is 14.5 Å². The van der Waals surface area contributed by atoms with Crippen LogP contribution in [0.25, 0.3) is 0 Å². The molecule has 0 unspecified atom stereocenters. The first-order chi connectivity index (χ1) is 22.3. The molecule has 7 heteroatoms. The number of phenols is 1. The molecule has 7 nitrogen and oxygen atoms in total. The SMILES string of the molecule is CC(=O)Oc1cc(O)c2c3c1C[C@@H]1[C@@H]4CC[C@H](N(CC(C)C)C(=O)C#Cc5ccccc5)[C@H](O2)[C@]34CCN1CCc1ccccc1. The van der Waals surface area contributed by atoms with Crippen molar-refractivity contribution < 1.29 is 24.2 Å². The summed E-state index contributed by atoms with van der Waals surface area (Å²) in [4.78, 5) is 30.7. The van der Waals surface area contributed by atoms with E-state index in [0.29, 0.717) is 18.0 Å². The maximum absolute atomic E-state index is 13.9. The minimum Gasteiger partial charge on any atom is -0.504 e. The lowest BCUT2D eigenvalue weighted by Gasteiger charge is -2.60. The largest absolute Gasteiger partial charge is 0.504 e. The molecule has 1 saturated carbocycles. The van der Waals surface area contributed by atoms with Crippen molar-refractivity contribution >= 4 is 11.9 Å². The molecule has 1 spiro atoms. The van der Waals surface area contributed by atoms with Gasteiger partial charge in [-0.05, 0) is 68.2 Å². The van der Waals surface area contributed by atoms with Gasteiger partial charge in [-0.2, -0.15) is 0 Å². The third-order valence-electron chi connectivity index (χ3n) is 10.6. The standard InChI is InChI=1S/C39H42N2O5/c1-25(2)24-41(35(44)17-14-27-10-6-4-7-11-27)31-16-15-30-32-22-29-34(45-26(3)42)23-33(43)37-36(29)39(30,38(31)46-37)19-21-40(32)20-18-28-12-8-5-9-13-28/h4-13,23,25,30-32,38,43H,15-16,18-22,24H2,1-3H3/t30-,31-,32+,38-,39-/m0/s1. The molecule has 0 aromatic heterocycles. The van der Waals surface area contributed by atoms with Crippen molar-refractivity contribution in [2.45, 2.75) is 76.5 Å². The van der Waals surface area contributed by atoms with E-state index in [9.17, 15) is 14.7 Å². The van der Waals surface area contributed by atoms with E-state index in [2.05, 4.69) is 60.9 Å². The van der Waals surface area contributed by atoms with Crippen molar-refractivity contribution in [2.24, 2.45) is 11.8 Å². The predicted molar refractivity (Wildman–Crippen MR) is 176 cm³/mol. The molecule has 46 heavy (non-hydrogen) atoms. The highest BCUT2D eigenvalue weighted by Crippen LogP contribution is 2.65. The number of hydrogen-bond acceptors (Lipinski definition) is 6. The summed E-state index contributed by atoms with van der Waals surface area (Å²) in [5.41, 5.74) is 3.67. The van der Waals surface area contributed by atoms with Crippen LogP contribution < -0.4 is 9.47 Å². The summed E-state index contributed by atoms with van der Waals surface area (Å²) in [7, 11) is 0. The second-order valence-corrected chi connectivity index (χ2v) is 13.8. The van der Waals surface area contributed by atoms with Gasteiger partial charge in [-0.25, -0.2) is 0 Å². The number of esters is 1. The van der Waals surface area contributed by atoms with Crippen molar-refractivity contribution in [3.63, 3.8) is 0 Å². The highest BCUT2D eigenvalue weighted by Gasteiger charge is 2.67. The Labute approximate surface area is 271 Å². The smallest absolute Gasteiger partial charge is 0.308 e. The highest BCUT2D eigenvalue weighted by molar-refractivity contribution is 5.94. The summed E-state index contributed by atoms with van der Waals surface area (Å²) in [6, 6.07) is 21.8. The number of aromatic hydroxyl groups is 1. The summed E-state index contributed by atoms with van der Waals surface area (Å²) < 4.78 is 12.6. The predicted octanol–water partition coefficient (Wildman–Crippen LogP) is 5.50. The van der Waals surface area contributed by atoms with E-state index in [-0.39, 0.29) is 41.7 Å². The van der Waals surface area contributed by atoms with Crippen molar-refractivity contribution in [3.8, 4) is 29.1 Å². The van der Waals surface area contributed by atoms with Gasteiger partial charge in [0.1, 0.15) is 11.9 Å². The molecule has 5 atom stereocenters. The number of ether oxygens (including phenoxy) is 2. The molecule has 2 bridgehead atoms. The average Bonchev–Trinajstić information content (AvgIpc) is 3.39. The fourth-order valence-electron chi connectivity index (χ4n) is 8.89. The molecule has 238 valence electrons. The van der Waals surface area contributed by atoms with E-state index in [1.54, 1.807) is 6.07 Å². The molecule has 3 aromatic rings. The zero-order valence-electron chi connectivity index (χ0n) is 26.9. The topological polar surface area (TPSA) is 79.3 Å². The summed E-state index contributed by atoms with van der Waals surface area (Å²) >= 11 is 0. The number of hydrogen-bond donors (Lipinski definition) is 1. The van der Waals surface area contributed by atoms with E-state index in [1.165, 1.54) is 12.5 Å². The fourth-order valence-corrected chi connectivity index (χ4v) is 8.89. The Morgan fingerprint density at radius 1 is 1.11 bits per heavy atom. The van der Waals surface area contributed by atoms with Crippen molar-refractivity contribution in [1.29, 1.82) is 0 Å². The number of nitrogens with zero attached hydrogens (tertiary/aromatic N) is 2. The van der Waals surface area contributed by atoms with E-state index >= 15 is 0 Å². The Morgan fingerprint density at radius 2 is 1.85 bits per heavy atom. The van der Waals surface area contributed by atoms with Gasteiger partial charge in [0, 0.05) is 60.1 Å². The number of likely N-dealkylation sites (tertiary alicyclic amines) is 1. The van der Waals surface area contributed by atoms with Gasteiger partial charge in [-0.1, -0.05) is 68.3 Å². The number of amides is 1. The van der Waals surface area contributed by atoms with Crippen molar-refractivity contribution in [2.75, 3.05) is 19.6 Å². The maximum atomic E-state index is 13.9. The van der Waals surface area contributed by atoms with Crippen LogP contribution in [-0.4, -0.2) is 64.6 Å². The molecule has 1 amide bonds. The van der Waals surface area contributed by atoms with Gasteiger partial charge in [0.2, 0.25) is 0 Å². The van der Waals surface area contributed by atoms with Gasteiger partial charge >= 0.3 is 5.97 Å².